The van der Waals surface area contributed by atoms with E-state index in [1.54, 1.807) is 31.6 Å². The van der Waals surface area contributed by atoms with Crippen molar-refractivity contribution in [2.75, 3.05) is 20.3 Å². The van der Waals surface area contributed by atoms with Gasteiger partial charge in [-0.2, -0.15) is 0 Å². The van der Waals surface area contributed by atoms with E-state index in [1.165, 1.54) is 11.3 Å². The molecule has 35 heavy (non-hydrogen) atoms. The lowest BCUT2D eigenvalue weighted by Crippen LogP contribution is -2.39. The minimum atomic E-state index is -0.632. The summed E-state index contributed by atoms with van der Waals surface area (Å²) in [7, 11) is 1.58. The number of carbonyl (C=O) groups excluding carboxylic acids is 1. The van der Waals surface area contributed by atoms with Crippen LogP contribution in [0, 0.1) is 0 Å². The molecule has 1 aliphatic heterocycles. The third-order valence-electron chi connectivity index (χ3n) is 5.50. The Bertz CT molecular complexity index is 1470. The number of carbonyl (C=O) groups is 1. The van der Waals surface area contributed by atoms with Gasteiger partial charge >= 0.3 is 5.97 Å². The number of ether oxygens (including phenoxy) is 3. The summed E-state index contributed by atoms with van der Waals surface area (Å²) >= 11 is 4.84. The normalized spacial score (nSPS) is 15.5. The van der Waals surface area contributed by atoms with E-state index in [4.69, 9.17) is 14.2 Å². The molecule has 2 aromatic carbocycles. The lowest BCUT2D eigenvalue weighted by atomic mass is 9.96. The Balaban J connectivity index is 1.93. The van der Waals surface area contributed by atoms with Gasteiger partial charge in [0.2, 0.25) is 0 Å². The second kappa shape index (κ2) is 10.6. The summed E-state index contributed by atoms with van der Waals surface area (Å²) in [5.41, 5.74) is 2.23. The smallest absolute Gasteiger partial charge is 0.338 e. The first-order chi connectivity index (χ1) is 16.9. The highest BCUT2D eigenvalue weighted by Crippen LogP contribution is 2.34. The summed E-state index contributed by atoms with van der Waals surface area (Å²) in [6.07, 6.45) is 1.79. The topological polar surface area (TPSA) is 79.1 Å². The predicted octanol–water partition coefficient (Wildman–Crippen LogP) is 3.97. The van der Waals surface area contributed by atoms with Crippen LogP contribution in [-0.4, -0.2) is 30.9 Å². The molecule has 0 spiro atoms. The van der Waals surface area contributed by atoms with Gasteiger partial charge in [-0.05, 0) is 50.1 Å². The summed E-state index contributed by atoms with van der Waals surface area (Å²) in [5, 5.41) is 0. The number of benzene rings is 2. The lowest BCUT2D eigenvalue weighted by Gasteiger charge is -2.24. The fourth-order valence-corrected chi connectivity index (χ4v) is 5.45. The summed E-state index contributed by atoms with van der Waals surface area (Å²) < 4.78 is 19.2. The van der Waals surface area contributed by atoms with E-state index in [1.807, 2.05) is 49.4 Å². The average Bonchev–Trinajstić information content (AvgIpc) is 3.15. The Kier molecular flexibility index (Phi) is 7.57. The van der Waals surface area contributed by atoms with Crippen molar-refractivity contribution in [3.63, 3.8) is 0 Å². The molecule has 0 unspecified atom stereocenters. The molecule has 1 aliphatic rings. The van der Waals surface area contributed by atoms with Crippen molar-refractivity contribution >= 4 is 39.3 Å². The molecule has 4 rings (SSSR count). The van der Waals surface area contributed by atoms with E-state index in [9.17, 15) is 9.59 Å². The van der Waals surface area contributed by atoms with Gasteiger partial charge in [0.1, 0.15) is 0 Å². The van der Waals surface area contributed by atoms with Gasteiger partial charge < -0.3 is 14.2 Å². The van der Waals surface area contributed by atoms with E-state index in [0.717, 1.165) is 15.6 Å². The monoisotopic (exact) mass is 556 g/mol. The van der Waals surface area contributed by atoms with Gasteiger partial charge in [-0.25, -0.2) is 9.79 Å². The summed E-state index contributed by atoms with van der Waals surface area (Å²) in [5.74, 6) is 0.701. The van der Waals surface area contributed by atoms with E-state index >= 15 is 0 Å². The number of halogens is 1. The summed E-state index contributed by atoms with van der Waals surface area (Å²) in [6, 6.07) is 12.5. The number of allylic oxidation sites excluding steroid dienone is 1. The Labute approximate surface area is 215 Å². The fraction of sp³-hybridized carbons (Fsp3) is 0.269. The minimum Gasteiger partial charge on any atom is -0.493 e. The quantitative estimate of drug-likeness (QED) is 0.411. The molecule has 1 atom stereocenters. The van der Waals surface area contributed by atoms with Crippen molar-refractivity contribution in [2.45, 2.75) is 26.8 Å². The molecule has 0 amide bonds. The first-order valence-corrected chi connectivity index (χ1v) is 12.7. The molecule has 0 saturated carbocycles. The molecule has 182 valence electrons. The van der Waals surface area contributed by atoms with Gasteiger partial charge in [0, 0.05) is 4.47 Å². The molecular formula is C26H25BrN2O5S. The van der Waals surface area contributed by atoms with Crippen molar-refractivity contribution in [3.05, 3.63) is 89.0 Å². The van der Waals surface area contributed by atoms with E-state index in [2.05, 4.69) is 20.9 Å². The van der Waals surface area contributed by atoms with Crippen LogP contribution in [0.5, 0.6) is 11.5 Å². The van der Waals surface area contributed by atoms with Crippen LogP contribution in [-0.2, 0) is 9.53 Å². The van der Waals surface area contributed by atoms with Crippen LogP contribution in [0.3, 0.4) is 0 Å². The SMILES string of the molecule is CCOC(=O)C1=C(C)N=c2s/c(=C\c3cc(OCC)c(OC)cc3Br)c(=O)n2[C@H]1c1ccccc1. The van der Waals surface area contributed by atoms with Crippen molar-refractivity contribution in [2.24, 2.45) is 4.99 Å². The molecule has 3 aromatic rings. The van der Waals surface area contributed by atoms with Crippen molar-refractivity contribution < 1.29 is 19.0 Å². The van der Waals surface area contributed by atoms with Crippen LogP contribution in [0.15, 0.2) is 68.0 Å². The molecule has 9 heteroatoms. The molecule has 0 fully saturated rings. The van der Waals surface area contributed by atoms with Gasteiger partial charge in [0.05, 0.1) is 42.2 Å². The van der Waals surface area contributed by atoms with Crippen LogP contribution in [0.25, 0.3) is 6.08 Å². The molecule has 1 aromatic heterocycles. The zero-order valence-electron chi connectivity index (χ0n) is 19.8. The zero-order chi connectivity index (χ0) is 25.1. The largest absolute Gasteiger partial charge is 0.493 e. The van der Waals surface area contributed by atoms with Crippen LogP contribution in [0.2, 0.25) is 0 Å². The number of hydrogen-bond donors (Lipinski definition) is 0. The van der Waals surface area contributed by atoms with Gasteiger partial charge in [-0.3, -0.25) is 9.36 Å². The van der Waals surface area contributed by atoms with Crippen molar-refractivity contribution in [1.82, 2.24) is 4.57 Å². The minimum absolute atomic E-state index is 0.231. The second-order valence-corrected chi connectivity index (χ2v) is 9.53. The molecule has 0 saturated heterocycles. The molecule has 0 radical (unpaired) electrons. The van der Waals surface area contributed by atoms with Gasteiger partial charge in [0.25, 0.3) is 5.56 Å². The number of hydrogen-bond acceptors (Lipinski definition) is 7. The van der Waals surface area contributed by atoms with Crippen molar-refractivity contribution in [3.8, 4) is 11.5 Å². The molecule has 0 bridgehead atoms. The molecular weight excluding hydrogens is 532 g/mol. The standard InChI is InChI=1S/C26H25BrN2O5S/c1-5-33-20-12-17(18(27)14-19(20)32-4)13-21-24(30)29-23(16-10-8-7-9-11-16)22(25(31)34-6-2)15(3)28-26(29)35-21/h7-14,23H,5-6H2,1-4H3/b21-13-/t23-/m0/s1. The highest BCUT2D eigenvalue weighted by molar-refractivity contribution is 9.10. The number of thiazole rings is 1. The fourth-order valence-electron chi connectivity index (χ4n) is 3.97. The van der Waals surface area contributed by atoms with Gasteiger partial charge in [-0.1, -0.05) is 57.6 Å². The maximum atomic E-state index is 13.7. The maximum absolute atomic E-state index is 13.7. The number of esters is 1. The number of rotatable bonds is 7. The van der Waals surface area contributed by atoms with Gasteiger partial charge in [0.15, 0.2) is 16.3 Å². The number of fused-ring (bicyclic) bond motifs is 1. The molecule has 2 heterocycles. The van der Waals surface area contributed by atoms with E-state index < -0.39 is 12.0 Å². The van der Waals surface area contributed by atoms with Crippen LogP contribution >= 0.6 is 27.3 Å². The predicted molar refractivity (Wildman–Crippen MR) is 139 cm³/mol. The van der Waals surface area contributed by atoms with Crippen LogP contribution < -0.4 is 24.4 Å². The van der Waals surface area contributed by atoms with E-state index in [-0.39, 0.29) is 12.2 Å². The molecule has 7 nitrogen and oxygen atoms in total. The molecule has 0 N–H and O–H groups in total. The third kappa shape index (κ3) is 4.83. The summed E-state index contributed by atoms with van der Waals surface area (Å²) in [6.45, 7) is 6.13. The first kappa shape index (κ1) is 24.9. The maximum Gasteiger partial charge on any atom is 0.338 e. The van der Waals surface area contributed by atoms with Gasteiger partial charge in [-0.15, -0.1) is 0 Å². The third-order valence-corrected chi connectivity index (χ3v) is 7.17. The highest BCUT2D eigenvalue weighted by Gasteiger charge is 2.33. The number of aromatic nitrogens is 1. The van der Waals surface area contributed by atoms with Crippen molar-refractivity contribution in [1.29, 1.82) is 0 Å². The van der Waals surface area contributed by atoms with Crippen LogP contribution in [0.4, 0.5) is 0 Å². The van der Waals surface area contributed by atoms with Crippen LogP contribution in [0.1, 0.15) is 37.9 Å². The molecule has 0 aliphatic carbocycles. The first-order valence-electron chi connectivity index (χ1n) is 11.1. The lowest BCUT2D eigenvalue weighted by molar-refractivity contribution is -0.139. The number of methoxy groups -OCH3 is 1. The Morgan fingerprint density at radius 1 is 1.17 bits per heavy atom. The number of nitrogens with zero attached hydrogens (tertiary/aromatic N) is 2. The zero-order valence-corrected chi connectivity index (χ0v) is 22.2. The van der Waals surface area contributed by atoms with E-state index in [0.29, 0.717) is 38.7 Å². The Morgan fingerprint density at radius 3 is 2.57 bits per heavy atom. The summed E-state index contributed by atoms with van der Waals surface area (Å²) in [4.78, 5) is 31.8. The highest BCUT2D eigenvalue weighted by atomic mass is 79.9. The Morgan fingerprint density at radius 2 is 1.91 bits per heavy atom. The average molecular weight is 557 g/mol. The Hall–Kier alpha value is -3.17. The second-order valence-electron chi connectivity index (χ2n) is 7.67.